The number of hydrogen-bond acceptors (Lipinski definition) is 4. The summed E-state index contributed by atoms with van der Waals surface area (Å²) in [7, 11) is 0. The van der Waals surface area contributed by atoms with Crippen molar-refractivity contribution in [3.63, 3.8) is 0 Å². The van der Waals surface area contributed by atoms with Crippen LogP contribution < -0.4 is 0 Å². The lowest BCUT2D eigenvalue weighted by atomic mass is 9.98. The van der Waals surface area contributed by atoms with Gasteiger partial charge in [0, 0.05) is 19.3 Å². The number of nitrogens with zero attached hydrogens (tertiary/aromatic N) is 4. The van der Waals surface area contributed by atoms with Gasteiger partial charge in [-0.3, -0.25) is 9.48 Å². The zero-order valence-corrected chi connectivity index (χ0v) is 14.7. The number of amides is 1. The Hall–Kier alpha value is -2.34. The molecule has 25 heavy (non-hydrogen) atoms. The van der Waals surface area contributed by atoms with Gasteiger partial charge in [-0.1, -0.05) is 23.7 Å². The number of oxazole rings is 1. The number of piperidine rings is 1. The fourth-order valence-corrected chi connectivity index (χ4v) is 3.43. The van der Waals surface area contributed by atoms with Gasteiger partial charge in [0.05, 0.1) is 16.6 Å². The molecule has 1 aliphatic heterocycles. The second-order valence-electron chi connectivity index (χ2n) is 6.46. The Balaban J connectivity index is 1.47. The van der Waals surface area contributed by atoms with Gasteiger partial charge in [-0.05, 0) is 31.9 Å². The molecule has 3 aromatic rings. The van der Waals surface area contributed by atoms with Crippen molar-refractivity contribution < 1.29 is 9.21 Å². The summed E-state index contributed by atoms with van der Waals surface area (Å²) >= 11 is 6.01. The minimum atomic E-state index is 0.0416. The molecule has 1 fully saturated rings. The van der Waals surface area contributed by atoms with E-state index < -0.39 is 0 Å². The molecule has 0 saturated carbocycles. The van der Waals surface area contributed by atoms with E-state index in [1.54, 1.807) is 10.9 Å². The molecule has 1 aromatic carbocycles. The van der Waals surface area contributed by atoms with Crippen molar-refractivity contribution >= 4 is 28.6 Å². The quantitative estimate of drug-likeness (QED) is 0.719. The van der Waals surface area contributed by atoms with Gasteiger partial charge in [-0.15, -0.1) is 0 Å². The Morgan fingerprint density at radius 2 is 2.24 bits per heavy atom. The van der Waals surface area contributed by atoms with E-state index in [1.165, 1.54) is 0 Å². The van der Waals surface area contributed by atoms with E-state index in [0.717, 1.165) is 42.1 Å². The van der Waals surface area contributed by atoms with Crippen LogP contribution in [0.1, 0.15) is 30.3 Å². The summed E-state index contributed by atoms with van der Waals surface area (Å²) in [5.41, 5.74) is 2.39. The molecule has 4 rings (SSSR count). The number of likely N-dealkylation sites (tertiary alicyclic amines) is 1. The van der Waals surface area contributed by atoms with E-state index in [-0.39, 0.29) is 18.4 Å². The molecule has 7 heteroatoms. The second kappa shape index (κ2) is 6.52. The maximum absolute atomic E-state index is 12.6. The van der Waals surface area contributed by atoms with Gasteiger partial charge >= 0.3 is 0 Å². The average molecular weight is 359 g/mol. The molecule has 3 heterocycles. The van der Waals surface area contributed by atoms with Crippen LogP contribution in [0, 0.1) is 6.92 Å². The molecule has 1 atom stereocenters. The number of hydrogen-bond donors (Lipinski definition) is 0. The highest BCUT2D eigenvalue weighted by Gasteiger charge is 2.28. The molecule has 0 bridgehead atoms. The van der Waals surface area contributed by atoms with Gasteiger partial charge < -0.3 is 9.32 Å². The zero-order chi connectivity index (χ0) is 17.4. The Kier molecular flexibility index (Phi) is 4.21. The Morgan fingerprint density at radius 3 is 3.00 bits per heavy atom. The number of halogens is 1. The lowest BCUT2D eigenvalue weighted by Gasteiger charge is -2.31. The van der Waals surface area contributed by atoms with E-state index in [2.05, 4.69) is 10.1 Å². The van der Waals surface area contributed by atoms with Gasteiger partial charge in [0.25, 0.3) is 0 Å². The number of aromatic nitrogens is 3. The van der Waals surface area contributed by atoms with Crippen molar-refractivity contribution in [2.24, 2.45) is 0 Å². The van der Waals surface area contributed by atoms with E-state index >= 15 is 0 Å². The standard InChI is InChI=1S/C18H19ClN4O2/c1-12-14(19)10-23(21-12)11-17(24)22-8-4-5-13(9-22)18-20-15-6-2-3-7-16(15)25-18/h2-3,6-7,10,13H,4-5,8-9,11H2,1H3/t13-/m1/s1. The largest absolute Gasteiger partial charge is 0.440 e. The van der Waals surface area contributed by atoms with Gasteiger partial charge in [0.15, 0.2) is 11.5 Å². The Bertz CT molecular complexity index is 864. The number of benzene rings is 1. The summed E-state index contributed by atoms with van der Waals surface area (Å²) in [6.45, 7) is 3.41. The molecule has 130 valence electrons. The number of carbonyl (C=O) groups excluding carboxylic acids is 1. The van der Waals surface area contributed by atoms with Crippen LogP contribution in [0.25, 0.3) is 11.1 Å². The fourth-order valence-electron chi connectivity index (χ4n) is 3.28. The number of rotatable bonds is 3. The monoisotopic (exact) mass is 358 g/mol. The van der Waals surface area contributed by atoms with Gasteiger partial charge in [0.2, 0.25) is 5.91 Å². The van der Waals surface area contributed by atoms with Gasteiger partial charge in [-0.25, -0.2) is 4.98 Å². The predicted octanol–water partition coefficient (Wildman–Crippen LogP) is 3.39. The van der Waals surface area contributed by atoms with E-state index in [9.17, 15) is 4.79 Å². The molecule has 0 N–H and O–H groups in total. The Morgan fingerprint density at radius 1 is 1.40 bits per heavy atom. The molecule has 0 unspecified atom stereocenters. The summed E-state index contributed by atoms with van der Waals surface area (Å²) < 4.78 is 7.49. The molecule has 2 aromatic heterocycles. The zero-order valence-electron chi connectivity index (χ0n) is 14.0. The molecule has 0 radical (unpaired) electrons. The summed E-state index contributed by atoms with van der Waals surface area (Å²) in [5.74, 6) is 0.893. The van der Waals surface area contributed by atoms with Crippen molar-refractivity contribution in [1.29, 1.82) is 0 Å². The maximum Gasteiger partial charge on any atom is 0.244 e. The third kappa shape index (κ3) is 3.26. The lowest BCUT2D eigenvalue weighted by molar-refractivity contribution is -0.133. The SMILES string of the molecule is Cc1nn(CC(=O)N2CCC[C@@H](c3nc4ccccc4o3)C2)cc1Cl. The van der Waals surface area contributed by atoms with Crippen molar-refractivity contribution in [3.8, 4) is 0 Å². The number of carbonyl (C=O) groups is 1. The normalized spacial score (nSPS) is 18.0. The Labute approximate surface area is 150 Å². The number of fused-ring (bicyclic) bond motifs is 1. The number of aryl methyl sites for hydroxylation is 1. The molecule has 0 aliphatic carbocycles. The molecule has 1 aliphatic rings. The van der Waals surface area contributed by atoms with Crippen LogP contribution in [-0.4, -0.2) is 38.7 Å². The predicted molar refractivity (Wildman–Crippen MR) is 94.5 cm³/mol. The van der Waals surface area contributed by atoms with Crippen LogP contribution in [0.5, 0.6) is 0 Å². The first-order chi connectivity index (χ1) is 12.1. The van der Waals surface area contributed by atoms with Crippen molar-refractivity contribution in [2.75, 3.05) is 13.1 Å². The molecule has 1 saturated heterocycles. The minimum absolute atomic E-state index is 0.0416. The van der Waals surface area contributed by atoms with Crippen molar-refractivity contribution in [3.05, 3.63) is 47.1 Å². The van der Waals surface area contributed by atoms with Crippen LogP contribution >= 0.6 is 11.6 Å². The molecule has 6 nitrogen and oxygen atoms in total. The average Bonchev–Trinajstić information content (AvgIpc) is 3.18. The summed E-state index contributed by atoms with van der Waals surface area (Å²) in [6.07, 6.45) is 3.61. The summed E-state index contributed by atoms with van der Waals surface area (Å²) in [4.78, 5) is 19.1. The summed E-state index contributed by atoms with van der Waals surface area (Å²) in [6, 6.07) is 7.74. The highest BCUT2D eigenvalue weighted by molar-refractivity contribution is 6.31. The minimum Gasteiger partial charge on any atom is -0.440 e. The lowest BCUT2D eigenvalue weighted by Crippen LogP contribution is -2.41. The van der Waals surface area contributed by atoms with E-state index in [1.807, 2.05) is 36.1 Å². The molecule has 1 amide bonds. The van der Waals surface area contributed by atoms with Crippen molar-refractivity contribution in [1.82, 2.24) is 19.7 Å². The summed E-state index contributed by atoms with van der Waals surface area (Å²) in [5, 5.41) is 4.84. The number of para-hydroxylation sites is 2. The van der Waals surface area contributed by atoms with Crippen molar-refractivity contribution in [2.45, 2.75) is 32.2 Å². The fraction of sp³-hybridized carbons (Fsp3) is 0.389. The smallest absolute Gasteiger partial charge is 0.244 e. The first-order valence-electron chi connectivity index (χ1n) is 8.43. The van der Waals surface area contributed by atoms with E-state index in [0.29, 0.717) is 11.6 Å². The highest BCUT2D eigenvalue weighted by atomic mass is 35.5. The van der Waals surface area contributed by atoms with Gasteiger partial charge in [-0.2, -0.15) is 5.10 Å². The first kappa shape index (κ1) is 16.1. The van der Waals surface area contributed by atoms with Gasteiger partial charge in [0.1, 0.15) is 12.1 Å². The van der Waals surface area contributed by atoms with Crippen LogP contribution in [0.2, 0.25) is 5.02 Å². The van der Waals surface area contributed by atoms with E-state index in [4.69, 9.17) is 16.0 Å². The van der Waals surface area contributed by atoms with Crippen LogP contribution in [0.3, 0.4) is 0 Å². The highest BCUT2D eigenvalue weighted by Crippen LogP contribution is 2.29. The molecular formula is C18H19ClN4O2. The molecular weight excluding hydrogens is 340 g/mol. The maximum atomic E-state index is 12.6. The molecule has 0 spiro atoms. The third-order valence-corrected chi connectivity index (χ3v) is 4.99. The van der Waals surface area contributed by atoms with Crippen LogP contribution in [0.15, 0.2) is 34.9 Å². The topological polar surface area (TPSA) is 64.2 Å². The van der Waals surface area contributed by atoms with Crippen LogP contribution in [0.4, 0.5) is 0 Å². The first-order valence-corrected chi connectivity index (χ1v) is 8.81. The van der Waals surface area contributed by atoms with Crippen LogP contribution in [-0.2, 0) is 11.3 Å². The second-order valence-corrected chi connectivity index (χ2v) is 6.87. The third-order valence-electron chi connectivity index (χ3n) is 4.62.